The van der Waals surface area contributed by atoms with Crippen molar-refractivity contribution in [2.24, 2.45) is 0 Å². The van der Waals surface area contributed by atoms with Gasteiger partial charge in [0, 0.05) is 22.0 Å². The number of aromatic hydroxyl groups is 1. The molecule has 33 heavy (non-hydrogen) atoms. The van der Waals surface area contributed by atoms with Gasteiger partial charge in [0.15, 0.2) is 5.82 Å². The van der Waals surface area contributed by atoms with Crippen LogP contribution >= 0.6 is 11.6 Å². The lowest BCUT2D eigenvalue weighted by Gasteiger charge is -2.28. The first kappa shape index (κ1) is 20.8. The van der Waals surface area contributed by atoms with E-state index >= 15 is 0 Å². The molecule has 3 N–H and O–H groups in total. The highest BCUT2D eigenvalue weighted by molar-refractivity contribution is 6.30. The summed E-state index contributed by atoms with van der Waals surface area (Å²) >= 11 is 6.12. The lowest BCUT2D eigenvalue weighted by molar-refractivity contribution is -0.113. The van der Waals surface area contributed by atoms with Crippen LogP contribution < -0.4 is 10.6 Å². The Hall–Kier alpha value is -4.10. The van der Waals surface area contributed by atoms with Gasteiger partial charge in [-0.15, -0.1) is 5.10 Å². The minimum absolute atomic E-state index is 0.164. The van der Waals surface area contributed by atoms with Crippen LogP contribution in [-0.4, -0.2) is 25.8 Å². The van der Waals surface area contributed by atoms with Crippen molar-refractivity contribution in [2.75, 3.05) is 10.6 Å². The Morgan fingerprint density at radius 2 is 1.73 bits per heavy atom. The molecule has 2 heterocycles. The summed E-state index contributed by atoms with van der Waals surface area (Å²) in [5, 5.41) is 21.1. The first-order valence-electron chi connectivity index (χ1n) is 10.4. The summed E-state index contributed by atoms with van der Waals surface area (Å²) in [6.07, 6.45) is 0. The molecule has 1 unspecified atom stereocenters. The number of carbonyl (C=O) groups is 1. The Morgan fingerprint density at radius 1 is 1.03 bits per heavy atom. The fraction of sp³-hybridized carbons (Fsp3) is 0.0800. The molecule has 1 aromatic heterocycles. The fourth-order valence-electron chi connectivity index (χ4n) is 3.85. The van der Waals surface area contributed by atoms with Crippen molar-refractivity contribution in [1.82, 2.24) is 14.8 Å². The number of benzene rings is 3. The average Bonchev–Trinajstić information content (AvgIpc) is 3.23. The highest BCUT2D eigenvalue weighted by Gasteiger charge is 2.34. The van der Waals surface area contributed by atoms with E-state index in [0.717, 1.165) is 11.1 Å². The minimum atomic E-state index is -0.513. The van der Waals surface area contributed by atoms with Crippen LogP contribution in [0.3, 0.4) is 0 Å². The second-order valence-electron chi connectivity index (χ2n) is 7.69. The molecular formula is C25H20ClN5O2. The maximum absolute atomic E-state index is 13.4. The Bertz CT molecular complexity index is 1350. The van der Waals surface area contributed by atoms with Crippen molar-refractivity contribution >= 4 is 29.1 Å². The van der Waals surface area contributed by atoms with E-state index in [1.54, 1.807) is 41.1 Å². The fourth-order valence-corrected chi connectivity index (χ4v) is 3.98. The van der Waals surface area contributed by atoms with Gasteiger partial charge in [0.25, 0.3) is 5.91 Å². The van der Waals surface area contributed by atoms with Crippen molar-refractivity contribution in [2.45, 2.75) is 13.0 Å². The molecule has 8 heteroatoms. The number of phenolic OH excluding ortho intramolecular Hbond substituents is 1. The molecule has 0 aliphatic carbocycles. The van der Waals surface area contributed by atoms with Crippen LogP contribution in [0.2, 0.25) is 5.02 Å². The number of nitrogens with zero attached hydrogens (tertiary/aromatic N) is 3. The van der Waals surface area contributed by atoms with Crippen molar-refractivity contribution < 1.29 is 9.90 Å². The number of nitrogens with one attached hydrogen (secondary N) is 2. The third kappa shape index (κ3) is 4.06. The molecular weight excluding hydrogens is 438 g/mol. The lowest BCUT2D eigenvalue weighted by Crippen LogP contribution is -2.31. The maximum atomic E-state index is 13.4. The van der Waals surface area contributed by atoms with Crippen LogP contribution in [0.1, 0.15) is 18.5 Å². The van der Waals surface area contributed by atoms with Gasteiger partial charge in [-0.1, -0.05) is 41.9 Å². The summed E-state index contributed by atoms with van der Waals surface area (Å²) in [4.78, 5) is 18.1. The zero-order valence-corrected chi connectivity index (χ0v) is 18.4. The molecule has 0 saturated carbocycles. The van der Waals surface area contributed by atoms with E-state index in [-0.39, 0.29) is 11.7 Å². The summed E-state index contributed by atoms with van der Waals surface area (Å²) in [6, 6.07) is 22.8. The van der Waals surface area contributed by atoms with Crippen LogP contribution in [-0.2, 0) is 4.79 Å². The van der Waals surface area contributed by atoms with Gasteiger partial charge in [-0.3, -0.25) is 4.79 Å². The first-order valence-corrected chi connectivity index (χ1v) is 10.7. The number of aromatic nitrogens is 3. The molecule has 5 rings (SSSR count). The summed E-state index contributed by atoms with van der Waals surface area (Å²) in [7, 11) is 0. The normalized spacial score (nSPS) is 15.0. The summed E-state index contributed by atoms with van der Waals surface area (Å²) in [5.41, 5.74) is 3.50. The quantitative estimate of drug-likeness (QED) is 0.390. The number of rotatable bonds is 4. The van der Waals surface area contributed by atoms with Gasteiger partial charge in [-0.2, -0.15) is 4.98 Å². The molecule has 0 fully saturated rings. The van der Waals surface area contributed by atoms with E-state index in [2.05, 4.69) is 15.6 Å². The second kappa shape index (κ2) is 8.44. The molecule has 0 spiro atoms. The SMILES string of the molecule is CC1=C(C(=O)Nc2ccccc2)C(c2ccc(Cl)cc2)n2nc(-c3ccc(O)cc3)nc2N1. The molecule has 4 aromatic rings. The number of anilines is 2. The molecule has 0 radical (unpaired) electrons. The molecule has 3 aromatic carbocycles. The van der Waals surface area contributed by atoms with Gasteiger partial charge in [0.2, 0.25) is 5.95 Å². The maximum Gasteiger partial charge on any atom is 0.255 e. The third-order valence-electron chi connectivity index (χ3n) is 5.44. The standard InChI is InChI=1S/C25H20ClN5O2/c1-15-21(24(33)28-19-5-3-2-4-6-19)22(16-7-11-18(26)12-8-16)31-25(27-15)29-23(30-31)17-9-13-20(32)14-10-17/h2-14,22,32H,1H3,(H,28,33)(H,27,29,30). The Morgan fingerprint density at radius 3 is 2.42 bits per heavy atom. The molecule has 0 bridgehead atoms. The van der Waals surface area contributed by atoms with Gasteiger partial charge in [-0.05, 0) is 61.0 Å². The number of amides is 1. The third-order valence-corrected chi connectivity index (χ3v) is 5.69. The number of carbonyl (C=O) groups excluding carboxylic acids is 1. The molecule has 7 nitrogen and oxygen atoms in total. The van der Waals surface area contributed by atoms with Crippen molar-refractivity contribution in [3.63, 3.8) is 0 Å². The Labute approximate surface area is 195 Å². The van der Waals surface area contributed by atoms with E-state index in [4.69, 9.17) is 16.7 Å². The van der Waals surface area contributed by atoms with Gasteiger partial charge in [0.1, 0.15) is 11.8 Å². The van der Waals surface area contributed by atoms with Gasteiger partial charge >= 0.3 is 0 Å². The Kier molecular flexibility index (Phi) is 5.32. The molecule has 1 aliphatic heterocycles. The topological polar surface area (TPSA) is 92.1 Å². The molecule has 164 valence electrons. The predicted molar refractivity (Wildman–Crippen MR) is 128 cm³/mol. The Balaban J connectivity index is 1.60. The van der Waals surface area contributed by atoms with Crippen molar-refractivity contribution in [3.05, 3.63) is 101 Å². The smallest absolute Gasteiger partial charge is 0.255 e. The van der Waals surface area contributed by atoms with Crippen LogP contribution in [0.15, 0.2) is 90.1 Å². The van der Waals surface area contributed by atoms with Gasteiger partial charge in [0.05, 0.1) is 5.57 Å². The average molecular weight is 458 g/mol. The van der Waals surface area contributed by atoms with Crippen LogP contribution in [0.5, 0.6) is 5.75 Å². The van der Waals surface area contributed by atoms with E-state index in [0.29, 0.717) is 33.8 Å². The highest BCUT2D eigenvalue weighted by Crippen LogP contribution is 2.37. The van der Waals surface area contributed by atoms with Crippen molar-refractivity contribution in [1.29, 1.82) is 0 Å². The number of hydrogen-bond acceptors (Lipinski definition) is 5. The minimum Gasteiger partial charge on any atom is -0.508 e. The van der Waals surface area contributed by atoms with Crippen LogP contribution in [0.25, 0.3) is 11.4 Å². The van der Waals surface area contributed by atoms with E-state index in [1.165, 1.54) is 0 Å². The first-order chi connectivity index (χ1) is 16.0. The van der Waals surface area contributed by atoms with E-state index < -0.39 is 6.04 Å². The molecule has 1 atom stereocenters. The largest absolute Gasteiger partial charge is 0.508 e. The number of para-hydroxylation sites is 1. The number of allylic oxidation sites excluding steroid dienone is 1. The summed E-state index contributed by atoms with van der Waals surface area (Å²) < 4.78 is 1.71. The predicted octanol–water partition coefficient (Wildman–Crippen LogP) is 5.23. The molecule has 1 amide bonds. The van der Waals surface area contributed by atoms with E-state index in [1.807, 2.05) is 49.4 Å². The highest BCUT2D eigenvalue weighted by atomic mass is 35.5. The zero-order chi connectivity index (χ0) is 22.9. The zero-order valence-electron chi connectivity index (χ0n) is 17.7. The monoisotopic (exact) mass is 457 g/mol. The van der Waals surface area contributed by atoms with Crippen LogP contribution in [0.4, 0.5) is 11.6 Å². The molecule has 1 aliphatic rings. The lowest BCUT2D eigenvalue weighted by atomic mass is 9.95. The van der Waals surface area contributed by atoms with Crippen molar-refractivity contribution in [3.8, 4) is 17.1 Å². The van der Waals surface area contributed by atoms with Gasteiger partial charge < -0.3 is 15.7 Å². The van der Waals surface area contributed by atoms with Crippen LogP contribution in [0, 0.1) is 0 Å². The number of fused-ring (bicyclic) bond motifs is 1. The number of hydrogen-bond donors (Lipinski definition) is 3. The molecule has 0 saturated heterocycles. The van der Waals surface area contributed by atoms with Gasteiger partial charge in [-0.25, -0.2) is 4.68 Å². The number of phenols is 1. The number of halogens is 1. The summed E-state index contributed by atoms with van der Waals surface area (Å²) in [5.74, 6) is 0.927. The van der Waals surface area contributed by atoms with E-state index in [9.17, 15) is 9.90 Å². The summed E-state index contributed by atoms with van der Waals surface area (Å²) in [6.45, 7) is 1.85. The second-order valence-corrected chi connectivity index (χ2v) is 8.12.